The normalized spacial score (nSPS) is 10.2. The lowest BCUT2D eigenvalue weighted by Crippen LogP contribution is -2.00. The lowest BCUT2D eigenvalue weighted by molar-refractivity contribution is 0.513. The Kier molecular flexibility index (Phi) is 2.02. The van der Waals surface area contributed by atoms with Gasteiger partial charge in [0, 0.05) is 10.4 Å². The first kappa shape index (κ1) is 8.26. The van der Waals surface area contributed by atoms with E-state index in [4.69, 9.17) is 4.42 Å². The molecule has 0 N–H and O–H groups in total. The molecule has 0 radical (unpaired) electrons. The van der Waals surface area contributed by atoms with Gasteiger partial charge in [-0.05, 0) is 30.5 Å². The van der Waals surface area contributed by atoms with E-state index in [2.05, 4.69) is 0 Å². The van der Waals surface area contributed by atoms with E-state index < -0.39 is 0 Å². The number of hydrogen-bond donors (Lipinski definition) is 0. The van der Waals surface area contributed by atoms with Gasteiger partial charge >= 0.3 is 5.63 Å². The highest BCUT2D eigenvalue weighted by Crippen LogP contribution is 2.24. The van der Waals surface area contributed by atoms with Crippen LogP contribution in [0.5, 0.6) is 0 Å². The van der Waals surface area contributed by atoms with E-state index in [0.29, 0.717) is 5.56 Å². The number of aryl methyl sites for hydroxylation is 1. The summed E-state index contributed by atoms with van der Waals surface area (Å²) in [5.41, 5.74) is 1.34. The summed E-state index contributed by atoms with van der Waals surface area (Å²) < 4.78 is 4.79. The molecule has 2 rings (SSSR count). The monoisotopic (exact) mass is 192 g/mol. The van der Waals surface area contributed by atoms with Crippen molar-refractivity contribution in [2.24, 2.45) is 0 Å². The zero-order valence-corrected chi connectivity index (χ0v) is 7.93. The van der Waals surface area contributed by atoms with Gasteiger partial charge in [0.25, 0.3) is 0 Å². The predicted molar refractivity (Wildman–Crippen MR) is 53.0 cm³/mol. The van der Waals surface area contributed by atoms with Crippen LogP contribution in [0.2, 0.25) is 0 Å². The molecule has 0 fully saturated rings. The SMILES string of the molecule is Cc1sccc1-c1cccoc1=O. The van der Waals surface area contributed by atoms with Crippen LogP contribution in [0.1, 0.15) is 4.88 Å². The minimum absolute atomic E-state index is 0.274. The van der Waals surface area contributed by atoms with Gasteiger partial charge < -0.3 is 4.42 Å². The van der Waals surface area contributed by atoms with Crippen molar-refractivity contribution in [3.05, 3.63) is 45.1 Å². The quantitative estimate of drug-likeness (QED) is 0.695. The molecule has 0 atom stereocenters. The summed E-state index contributed by atoms with van der Waals surface area (Å²) in [5, 5.41) is 1.97. The van der Waals surface area contributed by atoms with Crippen LogP contribution in [0, 0.1) is 6.92 Å². The smallest absolute Gasteiger partial charge is 0.343 e. The molecule has 2 aromatic heterocycles. The Balaban J connectivity index is 2.66. The molecule has 2 aromatic rings. The third-order valence-corrected chi connectivity index (χ3v) is 2.73. The largest absolute Gasteiger partial charge is 0.431 e. The fourth-order valence-corrected chi connectivity index (χ4v) is 1.95. The van der Waals surface area contributed by atoms with E-state index in [1.165, 1.54) is 6.26 Å². The minimum Gasteiger partial charge on any atom is -0.431 e. The molecule has 0 aliphatic carbocycles. The Morgan fingerprint density at radius 2 is 2.15 bits per heavy atom. The molecule has 0 saturated carbocycles. The Bertz CT molecular complexity index is 468. The van der Waals surface area contributed by atoms with E-state index in [-0.39, 0.29) is 5.63 Å². The lowest BCUT2D eigenvalue weighted by atomic mass is 10.1. The van der Waals surface area contributed by atoms with Crippen molar-refractivity contribution in [2.45, 2.75) is 6.92 Å². The van der Waals surface area contributed by atoms with E-state index in [0.717, 1.165) is 10.4 Å². The summed E-state index contributed by atoms with van der Waals surface area (Å²) in [6, 6.07) is 5.45. The van der Waals surface area contributed by atoms with Crippen LogP contribution < -0.4 is 5.63 Å². The molecule has 13 heavy (non-hydrogen) atoms. The number of hydrogen-bond acceptors (Lipinski definition) is 3. The van der Waals surface area contributed by atoms with Gasteiger partial charge in [-0.25, -0.2) is 4.79 Å². The Morgan fingerprint density at radius 1 is 1.31 bits per heavy atom. The summed E-state index contributed by atoms with van der Waals surface area (Å²) >= 11 is 1.63. The summed E-state index contributed by atoms with van der Waals surface area (Å²) in [6.07, 6.45) is 1.40. The van der Waals surface area contributed by atoms with Gasteiger partial charge in [-0.15, -0.1) is 11.3 Å². The van der Waals surface area contributed by atoms with Crippen molar-refractivity contribution in [1.82, 2.24) is 0 Å². The molecule has 2 nitrogen and oxygen atoms in total. The Labute approximate surface area is 79.5 Å². The molecule has 0 spiro atoms. The van der Waals surface area contributed by atoms with Crippen LogP contribution in [0.25, 0.3) is 11.1 Å². The predicted octanol–water partition coefficient (Wildman–Crippen LogP) is 2.68. The van der Waals surface area contributed by atoms with Gasteiger partial charge in [-0.3, -0.25) is 0 Å². The average Bonchev–Trinajstić information content (AvgIpc) is 2.52. The standard InChI is InChI=1S/C10H8O2S/c1-7-8(4-6-13-7)9-3-2-5-12-10(9)11/h2-6H,1H3. The van der Waals surface area contributed by atoms with E-state index >= 15 is 0 Å². The fraction of sp³-hybridized carbons (Fsp3) is 0.100. The molecule has 0 unspecified atom stereocenters. The molecule has 0 aliphatic rings. The first-order valence-electron chi connectivity index (χ1n) is 3.91. The Hall–Kier alpha value is -1.35. The zero-order valence-electron chi connectivity index (χ0n) is 7.11. The summed E-state index contributed by atoms with van der Waals surface area (Å²) in [7, 11) is 0. The van der Waals surface area contributed by atoms with Gasteiger partial charge in [0.15, 0.2) is 0 Å². The maximum Gasteiger partial charge on any atom is 0.343 e. The minimum atomic E-state index is -0.274. The topological polar surface area (TPSA) is 30.2 Å². The highest BCUT2D eigenvalue weighted by molar-refractivity contribution is 7.10. The highest BCUT2D eigenvalue weighted by Gasteiger charge is 2.06. The van der Waals surface area contributed by atoms with Gasteiger partial charge in [-0.1, -0.05) is 0 Å². The van der Waals surface area contributed by atoms with Gasteiger partial charge in [0.2, 0.25) is 0 Å². The fourth-order valence-electron chi connectivity index (χ4n) is 1.23. The van der Waals surface area contributed by atoms with Crippen molar-refractivity contribution in [1.29, 1.82) is 0 Å². The summed E-state index contributed by atoms with van der Waals surface area (Å²) in [6.45, 7) is 1.99. The van der Waals surface area contributed by atoms with Gasteiger partial charge in [-0.2, -0.15) is 0 Å². The third kappa shape index (κ3) is 1.42. The van der Waals surface area contributed by atoms with E-state index in [1.807, 2.05) is 18.4 Å². The number of thiophene rings is 1. The first-order valence-corrected chi connectivity index (χ1v) is 4.79. The van der Waals surface area contributed by atoms with E-state index in [9.17, 15) is 4.79 Å². The van der Waals surface area contributed by atoms with Gasteiger partial charge in [0.1, 0.15) is 0 Å². The molecular weight excluding hydrogens is 184 g/mol. The van der Waals surface area contributed by atoms with Crippen LogP contribution in [-0.2, 0) is 0 Å². The molecule has 0 aliphatic heterocycles. The second-order valence-corrected chi connectivity index (χ2v) is 3.82. The maximum absolute atomic E-state index is 11.3. The molecule has 0 aromatic carbocycles. The second-order valence-electron chi connectivity index (χ2n) is 2.70. The van der Waals surface area contributed by atoms with Crippen molar-refractivity contribution >= 4 is 11.3 Å². The van der Waals surface area contributed by atoms with Crippen molar-refractivity contribution in [3.8, 4) is 11.1 Å². The molecule has 2 heterocycles. The molecule has 0 bridgehead atoms. The zero-order chi connectivity index (χ0) is 9.26. The number of rotatable bonds is 1. The van der Waals surface area contributed by atoms with E-state index in [1.54, 1.807) is 23.5 Å². The average molecular weight is 192 g/mol. The molecule has 0 saturated heterocycles. The van der Waals surface area contributed by atoms with Crippen LogP contribution in [0.4, 0.5) is 0 Å². The molecule has 66 valence electrons. The molecule has 3 heteroatoms. The molecular formula is C10H8O2S. The van der Waals surface area contributed by atoms with Crippen LogP contribution in [0.3, 0.4) is 0 Å². The van der Waals surface area contributed by atoms with Crippen molar-refractivity contribution in [3.63, 3.8) is 0 Å². The first-order chi connectivity index (χ1) is 6.29. The summed E-state index contributed by atoms with van der Waals surface area (Å²) in [5.74, 6) is 0. The van der Waals surface area contributed by atoms with Gasteiger partial charge in [0.05, 0.1) is 11.8 Å². The van der Waals surface area contributed by atoms with Crippen LogP contribution in [0.15, 0.2) is 39.1 Å². The molecule has 0 amide bonds. The third-order valence-electron chi connectivity index (χ3n) is 1.89. The Morgan fingerprint density at radius 3 is 2.77 bits per heavy atom. The highest BCUT2D eigenvalue weighted by atomic mass is 32.1. The van der Waals surface area contributed by atoms with Crippen molar-refractivity contribution in [2.75, 3.05) is 0 Å². The van der Waals surface area contributed by atoms with Crippen LogP contribution in [-0.4, -0.2) is 0 Å². The lowest BCUT2D eigenvalue weighted by Gasteiger charge is -1.95. The second kappa shape index (κ2) is 3.18. The maximum atomic E-state index is 11.3. The van der Waals surface area contributed by atoms with Crippen molar-refractivity contribution < 1.29 is 4.42 Å². The van der Waals surface area contributed by atoms with Crippen LogP contribution >= 0.6 is 11.3 Å². The summed E-state index contributed by atoms with van der Waals surface area (Å²) in [4.78, 5) is 12.4.